The number of ether oxygens (including phenoxy) is 1. The molecular weight excluding hydrogens is 236 g/mol. The van der Waals surface area contributed by atoms with Crippen LogP contribution in [-0.2, 0) is 6.54 Å². The molecule has 3 nitrogen and oxygen atoms in total. The van der Waals surface area contributed by atoms with Gasteiger partial charge in [0.1, 0.15) is 5.75 Å². The number of hydrogen-bond donors (Lipinski definition) is 1. The van der Waals surface area contributed by atoms with Gasteiger partial charge in [0.05, 0.1) is 7.11 Å². The van der Waals surface area contributed by atoms with Crippen molar-refractivity contribution in [2.45, 2.75) is 44.3 Å². The molecule has 0 amide bonds. The molecular formula is C16H24N2O. The molecule has 19 heavy (non-hydrogen) atoms. The summed E-state index contributed by atoms with van der Waals surface area (Å²) in [5.74, 6) is 0.965. The summed E-state index contributed by atoms with van der Waals surface area (Å²) >= 11 is 0. The lowest BCUT2D eigenvalue weighted by Gasteiger charge is -2.25. The minimum atomic E-state index is 0.700. The van der Waals surface area contributed by atoms with Gasteiger partial charge in [-0.2, -0.15) is 0 Å². The molecule has 0 radical (unpaired) electrons. The second kappa shape index (κ2) is 5.93. The van der Waals surface area contributed by atoms with Gasteiger partial charge in [-0.3, -0.25) is 4.90 Å². The van der Waals surface area contributed by atoms with Crippen molar-refractivity contribution >= 4 is 0 Å². The summed E-state index contributed by atoms with van der Waals surface area (Å²) < 4.78 is 5.32. The minimum Gasteiger partial charge on any atom is -0.497 e. The van der Waals surface area contributed by atoms with Crippen molar-refractivity contribution < 1.29 is 4.74 Å². The fraction of sp³-hybridized carbons (Fsp3) is 0.625. The van der Waals surface area contributed by atoms with Gasteiger partial charge in [-0.05, 0) is 49.9 Å². The molecule has 1 aliphatic heterocycles. The normalized spacial score (nSPS) is 22.9. The van der Waals surface area contributed by atoms with E-state index in [4.69, 9.17) is 4.74 Å². The summed E-state index contributed by atoms with van der Waals surface area (Å²) in [6.45, 7) is 3.45. The Balaban J connectivity index is 1.63. The van der Waals surface area contributed by atoms with Gasteiger partial charge in [-0.15, -0.1) is 0 Å². The van der Waals surface area contributed by atoms with Crippen molar-refractivity contribution in [3.05, 3.63) is 29.8 Å². The zero-order valence-electron chi connectivity index (χ0n) is 11.8. The minimum absolute atomic E-state index is 0.700. The molecule has 104 valence electrons. The third-order valence-electron chi connectivity index (χ3n) is 4.20. The SMILES string of the molecule is COc1cccc(CN(CC2CCCN2)C2CC2)c1. The van der Waals surface area contributed by atoms with E-state index in [1.54, 1.807) is 7.11 Å². The Kier molecular flexibility index (Phi) is 4.04. The average Bonchev–Trinajstić information content (AvgIpc) is 3.17. The first-order chi connectivity index (χ1) is 9.35. The standard InChI is InChI=1S/C16H24N2O/c1-19-16-6-2-4-13(10-16)11-18(15-7-8-15)12-14-5-3-9-17-14/h2,4,6,10,14-15,17H,3,5,7-9,11-12H2,1H3. The number of nitrogens with one attached hydrogen (secondary N) is 1. The van der Waals surface area contributed by atoms with Gasteiger partial charge in [0.2, 0.25) is 0 Å². The van der Waals surface area contributed by atoms with Crippen LogP contribution in [0.2, 0.25) is 0 Å². The largest absolute Gasteiger partial charge is 0.497 e. The predicted molar refractivity (Wildman–Crippen MR) is 77.5 cm³/mol. The molecule has 1 heterocycles. The molecule has 3 heteroatoms. The number of hydrogen-bond acceptors (Lipinski definition) is 3. The maximum Gasteiger partial charge on any atom is 0.119 e. The van der Waals surface area contributed by atoms with E-state index in [1.807, 2.05) is 6.07 Å². The first kappa shape index (κ1) is 12.9. The first-order valence-electron chi connectivity index (χ1n) is 7.45. The van der Waals surface area contributed by atoms with Crippen molar-refractivity contribution in [1.82, 2.24) is 10.2 Å². The lowest BCUT2D eigenvalue weighted by molar-refractivity contribution is 0.231. The molecule has 2 aliphatic rings. The highest BCUT2D eigenvalue weighted by atomic mass is 16.5. The maximum absolute atomic E-state index is 5.32. The highest BCUT2D eigenvalue weighted by Gasteiger charge is 2.31. The van der Waals surface area contributed by atoms with Crippen LogP contribution in [0.15, 0.2) is 24.3 Å². The fourth-order valence-corrected chi connectivity index (χ4v) is 2.98. The van der Waals surface area contributed by atoms with Gasteiger partial charge < -0.3 is 10.1 Å². The van der Waals surface area contributed by atoms with Crippen LogP contribution in [0, 0.1) is 0 Å². The second-order valence-electron chi connectivity index (χ2n) is 5.81. The van der Waals surface area contributed by atoms with Crippen molar-refractivity contribution in [1.29, 1.82) is 0 Å². The van der Waals surface area contributed by atoms with E-state index < -0.39 is 0 Å². The Labute approximate surface area is 115 Å². The Morgan fingerprint density at radius 3 is 2.89 bits per heavy atom. The van der Waals surface area contributed by atoms with Crippen LogP contribution in [0.5, 0.6) is 5.75 Å². The van der Waals surface area contributed by atoms with Gasteiger partial charge >= 0.3 is 0 Å². The summed E-state index contributed by atoms with van der Waals surface area (Å²) in [7, 11) is 1.74. The molecule has 1 unspecified atom stereocenters. The highest BCUT2D eigenvalue weighted by molar-refractivity contribution is 5.28. The summed E-state index contributed by atoms with van der Waals surface area (Å²) in [5.41, 5.74) is 1.37. The molecule has 2 fully saturated rings. The predicted octanol–water partition coefficient (Wildman–Crippen LogP) is 2.41. The smallest absolute Gasteiger partial charge is 0.119 e. The van der Waals surface area contributed by atoms with E-state index in [9.17, 15) is 0 Å². The monoisotopic (exact) mass is 260 g/mol. The number of nitrogens with zero attached hydrogens (tertiary/aromatic N) is 1. The third-order valence-corrected chi connectivity index (χ3v) is 4.20. The summed E-state index contributed by atoms with van der Waals surface area (Å²) in [4.78, 5) is 2.65. The lowest BCUT2D eigenvalue weighted by Crippen LogP contribution is -2.38. The van der Waals surface area contributed by atoms with Crippen LogP contribution in [-0.4, -0.2) is 37.2 Å². The maximum atomic E-state index is 5.32. The zero-order chi connectivity index (χ0) is 13.1. The van der Waals surface area contributed by atoms with Crippen LogP contribution in [0.4, 0.5) is 0 Å². The van der Waals surface area contributed by atoms with E-state index >= 15 is 0 Å². The molecule has 0 aromatic heterocycles. The van der Waals surface area contributed by atoms with Gasteiger partial charge in [0.15, 0.2) is 0 Å². The molecule has 1 atom stereocenters. The number of rotatable bonds is 6. The molecule has 1 N–H and O–H groups in total. The summed E-state index contributed by atoms with van der Waals surface area (Å²) in [6.07, 6.45) is 5.41. The van der Waals surface area contributed by atoms with E-state index in [0.717, 1.165) is 18.3 Å². The first-order valence-corrected chi connectivity index (χ1v) is 7.45. The van der Waals surface area contributed by atoms with Crippen LogP contribution in [0.1, 0.15) is 31.2 Å². The van der Waals surface area contributed by atoms with Crippen LogP contribution < -0.4 is 10.1 Å². The topological polar surface area (TPSA) is 24.5 Å². The Morgan fingerprint density at radius 1 is 1.32 bits per heavy atom. The molecule has 1 aromatic carbocycles. The van der Waals surface area contributed by atoms with Crippen LogP contribution >= 0.6 is 0 Å². The van der Waals surface area contributed by atoms with E-state index in [1.165, 1.54) is 44.3 Å². The quantitative estimate of drug-likeness (QED) is 0.850. The Hall–Kier alpha value is -1.06. The van der Waals surface area contributed by atoms with E-state index in [0.29, 0.717) is 6.04 Å². The summed E-state index contributed by atoms with van der Waals surface area (Å²) in [5, 5.41) is 3.61. The zero-order valence-corrected chi connectivity index (χ0v) is 11.8. The van der Waals surface area contributed by atoms with Crippen LogP contribution in [0.3, 0.4) is 0 Å². The fourth-order valence-electron chi connectivity index (χ4n) is 2.98. The van der Waals surface area contributed by atoms with E-state index in [-0.39, 0.29) is 0 Å². The van der Waals surface area contributed by atoms with Crippen molar-refractivity contribution in [2.24, 2.45) is 0 Å². The highest BCUT2D eigenvalue weighted by Crippen LogP contribution is 2.29. The lowest BCUT2D eigenvalue weighted by atomic mass is 10.1. The molecule has 0 spiro atoms. The van der Waals surface area contributed by atoms with Gasteiger partial charge in [0, 0.05) is 25.2 Å². The molecule has 1 saturated carbocycles. The van der Waals surface area contributed by atoms with Gasteiger partial charge in [0.25, 0.3) is 0 Å². The Morgan fingerprint density at radius 2 is 2.21 bits per heavy atom. The molecule has 1 aromatic rings. The average molecular weight is 260 g/mol. The molecule has 3 rings (SSSR count). The number of benzene rings is 1. The van der Waals surface area contributed by atoms with Crippen molar-refractivity contribution in [3.63, 3.8) is 0 Å². The number of methoxy groups -OCH3 is 1. The van der Waals surface area contributed by atoms with Gasteiger partial charge in [-0.1, -0.05) is 12.1 Å². The van der Waals surface area contributed by atoms with Crippen LogP contribution in [0.25, 0.3) is 0 Å². The summed E-state index contributed by atoms with van der Waals surface area (Å²) in [6, 6.07) is 9.99. The van der Waals surface area contributed by atoms with Crippen molar-refractivity contribution in [2.75, 3.05) is 20.2 Å². The van der Waals surface area contributed by atoms with Crippen molar-refractivity contribution in [3.8, 4) is 5.75 Å². The molecule has 0 bridgehead atoms. The molecule has 1 saturated heterocycles. The second-order valence-corrected chi connectivity index (χ2v) is 5.81. The van der Waals surface area contributed by atoms with E-state index in [2.05, 4.69) is 28.4 Å². The third kappa shape index (κ3) is 3.48. The Bertz CT molecular complexity index is 411. The van der Waals surface area contributed by atoms with Gasteiger partial charge in [-0.25, -0.2) is 0 Å². The molecule has 1 aliphatic carbocycles.